The third-order valence-electron chi connectivity index (χ3n) is 6.29. The van der Waals surface area contributed by atoms with E-state index < -0.39 is 11.7 Å². The fourth-order valence-electron chi connectivity index (χ4n) is 4.28. The Kier molecular flexibility index (Phi) is 7.88. The summed E-state index contributed by atoms with van der Waals surface area (Å²) in [5, 5.41) is 0. The quantitative estimate of drug-likeness (QED) is 0.464. The largest absolute Gasteiger partial charge is 0.416 e. The van der Waals surface area contributed by atoms with E-state index in [4.69, 9.17) is 9.72 Å². The molecule has 2 heterocycles. The van der Waals surface area contributed by atoms with Gasteiger partial charge in [0.05, 0.1) is 12.2 Å². The molecule has 2 aromatic carbocycles. The lowest BCUT2D eigenvalue weighted by Crippen LogP contribution is -2.50. The van der Waals surface area contributed by atoms with E-state index in [9.17, 15) is 18.0 Å². The van der Waals surface area contributed by atoms with Crippen molar-refractivity contribution in [2.75, 3.05) is 37.7 Å². The average Bonchev–Trinajstić information content (AvgIpc) is 2.88. The molecular weight excluding hydrogens is 469 g/mol. The van der Waals surface area contributed by atoms with Gasteiger partial charge in [0.1, 0.15) is 12.4 Å². The molecule has 1 fully saturated rings. The summed E-state index contributed by atoms with van der Waals surface area (Å²) in [6.07, 6.45) is -3.67. The molecule has 1 aliphatic heterocycles. The predicted octanol–water partition coefficient (Wildman–Crippen LogP) is 4.90. The van der Waals surface area contributed by atoms with Gasteiger partial charge < -0.3 is 14.5 Å². The first-order chi connectivity index (χ1) is 17.3. The molecule has 9 heteroatoms. The average molecular weight is 499 g/mol. The minimum absolute atomic E-state index is 0.0276. The number of aromatic nitrogens is 2. The first-order valence-corrected chi connectivity index (χ1v) is 12.0. The second-order valence-electron chi connectivity index (χ2n) is 8.71. The van der Waals surface area contributed by atoms with Gasteiger partial charge in [0.2, 0.25) is 5.91 Å². The smallest absolute Gasteiger partial charge is 0.367 e. The van der Waals surface area contributed by atoms with Crippen LogP contribution in [0, 0.1) is 6.92 Å². The number of piperazine rings is 1. The highest BCUT2D eigenvalue weighted by Gasteiger charge is 2.30. The number of amides is 1. The number of hydrogen-bond donors (Lipinski definition) is 0. The van der Waals surface area contributed by atoms with Gasteiger partial charge in [-0.05, 0) is 31.0 Å². The summed E-state index contributed by atoms with van der Waals surface area (Å²) < 4.78 is 44.5. The molecule has 1 saturated heterocycles. The van der Waals surface area contributed by atoms with E-state index in [1.54, 1.807) is 4.90 Å². The maximum absolute atomic E-state index is 13.0. The van der Waals surface area contributed by atoms with E-state index in [0.717, 1.165) is 41.2 Å². The van der Waals surface area contributed by atoms with Crippen LogP contribution in [0.25, 0.3) is 11.4 Å². The van der Waals surface area contributed by atoms with E-state index >= 15 is 0 Å². The van der Waals surface area contributed by atoms with Crippen LogP contribution < -0.4 is 4.90 Å². The fraction of sp³-hybridized carbons (Fsp3) is 0.370. The number of carbonyl (C=O) groups excluding carboxylic acids is 1. The van der Waals surface area contributed by atoms with Crippen LogP contribution in [0.3, 0.4) is 0 Å². The van der Waals surface area contributed by atoms with E-state index in [1.165, 1.54) is 12.1 Å². The minimum Gasteiger partial charge on any atom is -0.367 e. The van der Waals surface area contributed by atoms with Crippen LogP contribution in [0.15, 0.2) is 54.6 Å². The zero-order chi connectivity index (χ0) is 25.7. The lowest BCUT2D eigenvalue weighted by Gasteiger charge is -2.36. The molecule has 1 amide bonds. The predicted molar refractivity (Wildman–Crippen MR) is 131 cm³/mol. The normalized spacial score (nSPS) is 14.2. The van der Waals surface area contributed by atoms with Gasteiger partial charge in [-0.3, -0.25) is 4.79 Å². The molecule has 3 aromatic rings. The van der Waals surface area contributed by atoms with Gasteiger partial charge >= 0.3 is 6.18 Å². The van der Waals surface area contributed by atoms with Crippen LogP contribution in [-0.4, -0.2) is 53.6 Å². The number of benzene rings is 2. The molecule has 0 bridgehead atoms. The van der Waals surface area contributed by atoms with E-state index in [2.05, 4.69) is 9.88 Å². The summed E-state index contributed by atoms with van der Waals surface area (Å²) in [6, 6.07) is 14.6. The van der Waals surface area contributed by atoms with Gasteiger partial charge in [0.15, 0.2) is 5.82 Å². The topological polar surface area (TPSA) is 58.6 Å². The Morgan fingerprint density at radius 2 is 1.64 bits per heavy atom. The van der Waals surface area contributed by atoms with Crippen LogP contribution in [0.4, 0.5) is 19.0 Å². The molecular formula is C27H29F3N4O2. The molecule has 0 unspecified atom stereocenters. The van der Waals surface area contributed by atoms with E-state index in [0.29, 0.717) is 44.2 Å². The van der Waals surface area contributed by atoms with Crippen molar-refractivity contribution in [1.82, 2.24) is 14.9 Å². The van der Waals surface area contributed by atoms with Crippen molar-refractivity contribution in [3.63, 3.8) is 0 Å². The van der Waals surface area contributed by atoms with E-state index in [-0.39, 0.29) is 12.5 Å². The minimum atomic E-state index is -4.39. The molecule has 6 nitrogen and oxygen atoms in total. The molecule has 0 N–H and O–H groups in total. The molecule has 1 aliphatic rings. The number of anilines is 1. The summed E-state index contributed by atoms with van der Waals surface area (Å²) >= 11 is 0. The molecule has 1 aromatic heterocycles. The Hall–Kier alpha value is -3.46. The summed E-state index contributed by atoms with van der Waals surface area (Å²) in [5.74, 6) is 1.11. The Bertz CT molecular complexity index is 1180. The van der Waals surface area contributed by atoms with Crippen molar-refractivity contribution in [3.05, 3.63) is 77.0 Å². The Morgan fingerprint density at radius 1 is 0.972 bits per heavy atom. The number of halogens is 3. The zero-order valence-corrected chi connectivity index (χ0v) is 20.4. The van der Waals surface area contributed by atoms with Gasteiger partial charge in [-0.2, -0.15) is 13.2 Å². The zero-order valence-electron chi connectivity index (χ0n) is 20.4. The SMILES string of the molecule is CCc1c(C)nc(-c2ccc(C(F)(F)F)cc2)nc1N1CCN(C(=O)COCc2ccccc2)CC1. The third-order valence-corrected chi connectivity index (χ3v) is 6.29. The van der Waals surface area contributed by atoms with Crippen molar-refractivity contribution in [1.29, 1.82) is 0 Å². The van der Waals surface area contributed by atoms with Crippen molar-refractivity contribution >= 4 is 11.7 Å². The Balaban J connectivity index is 1.42. The second kappa shape index (κ2) is 11.1. The fourth-order valence-corrected chi connectivity index (χ4v) is 4.28. The number of aryl methyl sites for hydroxylation is 1. The molecule has 190 valence electrons. The lowest BCUT2D eigenvalue weighted by atomic mass is 10.1. The van der Waals surface area contributed by atoms with Crippen LogP contribution >= 0.6 is 0 Å². The van der Waals surface area contributed by atoms with Gasteiger partial charge in [0, 0.05) is 43.0 Å². The standard InChI is InChI=1S/C27H29F3N4O2/c1-3-23-19(2)31-25(21-9-11-22(12-10-21)27(28,29)30)32-26(23)34-15-13-33(14-16-34)24(35)18-36-17-20-7-5-4-6-8-20/h4-12H,3,13-18H2,1-2H3. The summed E-state index contributed by atoms with van der Waals surface area (Å²) in [5.41, 5.74) is 2.63. The van der Waals surface area contributed by atoms with E-state index in [1.807, 2.05) is 44.2 Å². The van der Waals surface area contributed by atoms with Crippen molar-refractivity contribution < 1.29 is 22.7 Å². The van der Waals surface area contributed by atoms with Crippen molar-refractivity contribution in [2.45, 2.75) is 33.1 Å². The van der Waals surface area contributed by atoms with Gasteiger partial charge in [-0.1, -0.05) is 49.4 Å². The molecule has 4 rings (SSSR count). The van der Waals surface area contributed by atoms with Gasteiger partial charge in [0.25, 0.3) is 0 Å². The highest BCUT2D eigenvalue weighted by atomic mass is 19.4. The molecule has 0 saturated carbocycles. The lowest BCUT2D eigenvalue weighted by molar-refractivity contribution is -0.138. The summed E-state index contributed by atoms with van der Waals surface area (Å²) in [6.45, 7) is 6.60. The van der Waals surface area contributed by atoms with Crippen LogP contribution in [0.5, 0.6) is 0 Å². The van der Waals surface area contributed by atoms with Crippen molar-refractivity contribution in [2.24, 2.45) is 0 Å². The second-order valence-corrected chi connectivity index (χ2v) is 8.71. The highest BCUT2D eigenvalue weighted by molar-refractivity contribution is 5.77. The van der Waals surface area contributed by atoms with Crippen LogP contribution in [0.2, 0.25) is 0 Å². The Morgan fingerprint density at radius 3 is 2.25 bits per heavy atom. The van der Waals surface area contributed by atoms with Gasteiger partial charge in [-0.15, -0.1) is 0 Å². The number of carbonyl (C=O) groups is 1. The first kappa shape index (κ1) is 25.6. The number of nitrogens with zero attached hydrogens (tertiary/aromatic N) is 4. The molecule has 0 aliphatic carbocycles. The van der Waals surface area contributed by atoms with Crippen molar-refractivity contribution in [3.8, 4) is 11.4 Å². The maximum Gasteiger partial charge on any atom is 0.416 e. The monoisotopic (exact) mass is 498 g/mol. The summed E-state index contributed by atoms with van der Waals surface area (Å²) in [7, 11) is 0. The van der Waals surface area contributed by atoms with Crippen LogP contribution in [-0.2, 0) is 28.7 Å². The molecule has 0 radical (unpaired) electrons. The number of alkyl halides is 3. The molecule has 0 atom stereocenters. The number of rotatable bonds is 7. The van der Waals surface area contributed by atoms with Crippen LogP contribution in [0.1, 0.15) is 29.3 Å². The summed E-state index contributed by atoms with van der Waals surface area (Å²) in [4.78, 5) is 25.8. The number of hydrogen-bond acceptors (Lipinski definition) is 5. The maximum atomic E-state index is 13.0. The highest BCUT2D eigenvalue weighted by Crippen LogP contribution is 2.31. The number of ether oxygens (including phenoxy) is 1. The molecule has 36 heavy (non-hydrogen) atoms. The van der Waals surface area contributed by atoms with Gasteiger partial charge in [-0.25, -0.2) is 9.97 Å². The first-order valence-electron chi connectivity index (χ1n) is 12.0. The Labute approximate surface area is 208 Å². The molecule has 0 spiro atoms. The third kappa shape index (κ3) is 6.02.